The standard InChI is InChI=1S/C22H18F2NO.Ti/c23-17-12-13-18(20(24)15-17)22(26)19-10-4-5-11-21(19)25-14-6-9-16-7-2-1-3-8-16;/h1-5,7-8,10-13,25H,6,9,14H2;/q-1;. The molecule has 136 valence electrons. The number of ketones is 1. The van der Waals surface area contributed by atoms with Crippen molar-refractivity contribution >= 4 is 11.5 Å². The largest absolute Gasteiger partial charge is 0.384 e. The molecule has 3 aromatic carbocycles. The molecule has 0 saturated heterocycles. The molecular weight excluding hydrogens is 380 g/mol. The number of anilines is 1. The minimum atomic E-state index is -0.978. The van der Waals surface area contributed by atoms with E-state index in [1.165, 1.54) is 5.56 Å². The van der Waals surface area contributed by atoms with Crippen LogP contribution >= 0.6 is 0 Å². The number of hydrogen-bond acceptors (Lipinski definition) is 2. The molecule has 3 rings (SSSR count). The Bertz CT molecular complexity index is 900. The Kier molecular flexibility index (Phi) is 7.89. The summed E-state index contributed by atoms with van der Waals surface area (Å²) in [5, 5.41) is 3.24. The van der Waals surface area contributed by atoms with Crippen molar-refractivity contribution in [2.75, 3.05) is 11.9 Å². The summed E-state index contributed by atoms with van der Waals surface area (Å²) in [6.45, 7) is 0.678. The number of carbonyl (C=O) groups is 1. The Hall–Kier alpha value is -2.30. The van der Waals surface area contributed by atoms with Crippen molar-refractivity contribution in [3.63, 3.8) is 0 Å². The second-order valence-electron chi connectivity index (χ2n) is 5.92. The van der Waals surface area contributed by atoms with E-state index in [1.807, 2.05) is 30.3 Å². The van der Waals surface area contributed by atoms with Crippen molar-refractivity contribution in [3.05, 3.63) is 101 Å². The molecule has 0 bridgehead atoms. The van der Waals surface area contributed by atoms with E-state index < -0.39 is 17.4 Å². The van der Waals surface area contributed by atoms with Gasteiger partial charge < -0.3 is 10.1 Å². The Morgan fingerprint density at radius 1 is 0.889 bits per heavy atom. The van der Waals surface area contributed by atoms with Gasteiger partial charge in [0.05, 0.1) is 0 Å². The number of halogens is 2. The number of carbonyl (C=O) groups excluding carboxylic acids is 1. The van der Waals surface area contributed by atoms with Crippen LogP contribution in [0.15, 0.2) is 66.7 Å². The summed E-state index contributed by atoms with van der Waals surface area (Å²) in [7, 11) is 0. The fourth-order valence-corrected chi connectivity index (χ4v) is 2.76. The molecule has 0 atom stereocenters. The first-order valence-electron chi connectivity index (χ1n) is 8.44. The fraction of sp³-hybridized carbons (Fsp3) is 0.136. The maximum absolute atomic E-state index is 13.9. The molecule has 0 unspecified atom stereocenters. The van der Waals surface area contributed by atoms with Gasteiger partial charge in [-0.05, 0) is 24.5 Å². The third-order valence-corrected chi connectivity index (χ3v) is 4.08. The van der Waals surface area contributed by atoms with Crippen LogP contribution < -0.4 is 5.32 Å². The van der Waals surface area contributed by atoms with E-state index in [2.05, 4.69) is 17.4 Å². The van der Waals surface area contributed by atoms with Crippen LogP contribution in [0.25, 0.3) is 0 Å². The second kappa shape index (κ2) is 10.1. The Balaban J connectivity index is 0.00000261. The molecule has 0 aliphatic heterocycles. The number of nitrogens with one attached hydrogen (secondary N) is 1. The number of hydrogen-bond donors (Lipinski definition) is 1. The topological polar surface area (TPSA) is 29.1 Å². The smallest absolute Gasteiger partial charge is 0.143 e. The summed E-state index contributed by atoms with van der Waals surface area (Å²) >= 11 is 0. The Morgan fingerprint density at radius 3 is 2.33 bits per heavy atom. The molecule has 0 aliphatic carbocycles. The predicted octanol–water partition coefficient (Wildman–Crippen LogP) is 5.04. The van der Waals surface area contributed by atoms with Crippen LogP contribution in [0.2, 0.25) is 0 Å². The van der Waals surface area contributed by atoms with Gasteiger partial charge in [0.1, 0.15) is 5.78 Å². The zero-order chi connectivity index (χ0) is 18.4. The maximum atomic E-state index is 13.9. The van der Waals surface area contributed by atoms with Crippen LogP contribution in [-0.4, -0.2) is 12.3 Å². The first kappa shape index (κ1) is 21.0. The van der Waals surface area contributed by atoms with Crippen LogP contribution in [-0.2, 0) is 28.1 Å². The zero-order valence-electron chi connectivity index (χ0n) is 14.6. The first-order valence-corrected chi connectivity index (χ1v) is 8.44. The first-order chi connectivity index (χ1) is 12.6. The van der Waals surface area contributed by atoms with Crippen molar-refractivity contribution < 1.29 is 35.3 Å². The molecule has 0 radical (unpaired) electrons. The third kappa shape index (κ3) is 5.59. The zero-order valence-corrected chi connectivity index (χ0v) is 16.2. The van der Waals surface area contributed by atoms with Crippen LogP contribution in [0.4, 0.5) is 14.5 Å². The van der Waals surface area contributed by atoms with Gasteiger partial charge in [-0.25, -0.2) is 8.78 Å². The van der Waals surface area contributed by atoms with Crippen LogP contribution in [0.1, 0.15) is 27.9 Å². The van der Waals surface area contributed by atoms with Crippen molar-refractivity contribution in [2.45, 2.75) is 12.8 Å². The third-order valence-electron chi connectivity index (χ3n) is 4.08. The molecule has 5 heteroatoms. The minimum absolute atomic E-state index is 0. The van der Waals surface area contributed by atoms with E-state index in [4.69, 9.17) is 0 Å². The van der Waals surface area contributed by atoms with E-state index in [9.17, 15) is 13.6 Å². The van der Waals surface area contributed by atoms with Gasteiger partial charge in [0.15, 0.2) is 0 Å². The number of para-hydroxylation sites is 1. The monoisotopic (exact) mass is 398 g/mol. The quantitative estimate of drug-likeness (QED) is 0.262. The van der Waals surface area contributed by atoms with Gasteiger partial charge in [-0.2, -0.15) is 6.07 Å². The van der Waals surface area contributed by atoms with Gasteiger partial charge in [0, 0.05) is 51.1 Å². The Morgan fingerprint density at radius 2 is 1.59 bits per heavy atom. The summed E-state index contributed by atoms with van der Waals surface area (Å²) in [6, 6.07) is 21.2. The predicted molar refractivity (Wildman–Crippen MR) is 98.3 cm³/mol. The van der Waals surface area contributed by atoms with Gasteiger partial charge in [-0.1, -0.05) is 54.1 Å². The van der Waals surface area contributed by atoms with E-state index in [0.717, 1.165) is 25.0 Å². The number of aryl methyl sites for hydroxylation is 1. The molecule has 0 aromatic heterocycles. The van der Waals surface area contributed by atoms with E-state index in [1.54, 1.807) is 18.2 Å². The molecule has 0 fully saturated rings. The van der Waals surface area contributed by atoms with Crippen molar-refractivity contribution in [3.8, 4) is 0 Å². The Labute approximate surface area is 172 Å². The molecule has 2 nitrogen and oxygen atoms in total. The average Bonchev–Trinajstić information content (AvgIpc) is 2.66. The molecule has 0 aliphatic rings. The fourth-order valence-electron chi connectivity index (χ4n) is 2.76. The van der Waals surface area contributed by atoms with Crippen LogP contribution in [0.3, 0.4) is 0 Å². The second-order valence-corrected chi connectivity index (χ2v) is 5.92. The molecule has 0 amide bonds. The van der Waals surface area contributed by atoms with Gasteiger partial charge in [-0.3, -0.25) is 0 Å². The molecule has 1 N–H and O–H groups in total. The van der Waals surface area contributed by atoms with Crippen molar-refractivity contribution in [1.29, 1.82) is 0 Å². The van der Waals surface area contributed by atoms with Crippen LogP contribution in [0, 0.1) is 17.7 Å². The minimum Gasteiger partial charge on any atom is -0.384 e. The number of benzene rings is 3. The number of rotatable bonds is 7. The molecule has 0 heterocycles. The summed E-state index contributed by atoms with van der Waals surface area (Å²) in [4.78, 5) is 12.6. The van der Waals surface area contributed by atoms with E-state index >= 15 is 0 Å². The summed E-state index contributed by atoms with van der Waals surface area (Å²) in [6.07, 6.45) is 1.82. The van der Waals surface area contributed by atoms with Gasteiger partial charge in [0.2, 0.25) is 0 Å². The maximum Gasteiger partial charge on any atom is 0.143 e. The molecule has 0 spiro atoms. The SMILES string of the molecule is O=C(c1ccc(F)[c-]c1F)c1ccccc1NCCCc1ccccc1.[Ti]. The van der Waals surface area contributed by atoms with E-state index in [0.29, 0.717) is 17.8 Å². The summed E-state index contributed by atoms with van der Waals surface area (Å²) in [5.74, 6) is -2.30. The van der Waals surface area contributed by atoms with Gasteiger partial charge >= 0.3 is 0 Å². The normalized spacial score (nSPS) is 10.1. The molecule has 0 saturated carbocycles. The average molecular weight is 398 g/mol. The molecular formula is C22H18F2NOTi-. The van der Waals surface area contributed by atoms with Crippen molar-refractivity contribution in [1.82, 2.24) is 0 Å². The van der Waals surface area contributed by atoms with Crippen molar-refractivity contribution in [2.24, 2.45) is 0 Å². The summed E-state index contributed by atoms with van der Waals surface area (Å²) < 4.78 is 26.9. The van der Waals surface area contributed by atoms with Gasteiger partial charge in [0.25, 0.3) is 0 Å². The van der Waals surface area contributed by atoms with Gasteiger partial charge in [-0.15, -0.1) is 12.1 Å². The molecule has 3 aromatic rings. The summed E-state index contributed by atoms with van der Waals surface area (Å²) in [5.41, 5.74) is 2.05. The van der Waals surface area contributed by atoms with Crippen LogP contribution in [0.5, 0.6) is 0 Å². The molecule has 27 heavy (non-hydrogen) atoms. The van der Waals surface area contributed by atoms with E-state index in [-0.39, 0.29) is 27.3 Å².